The first kappa shape index (κ1) is 18.3. The van der Waals surface area contributed by atoms with Gasteiger partial charge in [0.1, 0.15) is 17.8 Å². The third kappa shape index (κ3) is 2.94. The largest absolute Gasteiger partial charge is 0.383 e. The maximum atomic E-state index is 6.75. The molecule has 6 nitrogen and oxygen atoms in total. The Morgan fingerprint density at radius 2 is 1.87 bits per heavy atom. The SMILES string of the molecule is Nc1ncnc2c1c(-c1cc3nc(-c4ccccn4)ccc3cc1Cl)cn2C1CCC1. The third-order valence-electron chi connectivity index (χ3n) is 6.10. The van der Waals surface area contributed by atoms with Crippen molar-refractivity contribution in [3.05, 3.63) is 66.2 Å². The van der Waals surface area contributed by atoms with Gasteiger partial charge in [-0.2, -0.15) is 0 Å². The summed E-state index contributed by atoms with van der Waals surface area (Å²) in [5, 5.41) is 2.47. The molecule has 1 fully saturated rings. The maximum Gasteiger partial charge on any atom is 0.146 e. The van der Waals surface area contributed by atoms with E-state index in [1.54, 1.807) is 6.20 Å². The molecule has 1 aromatic carbocycles. The van der Waals surface area contributed by atoms with Crippen LogP contribution < -0.4 is 5.73 Å². The minimum atomic E-state index is 0.443. The van der Waals surface area contributed by atoms with Gasteiger partial charge in [-0.15, -0.1) is 0 Å². The number of benzene rings is 1. The maximum absolute atomic E-state index is 6.75. The van der Waals surface area contributed by atoms with E-state index in [2.05, 4.69) is 25.7 Å². The van der Waals surface area contributed by atoms with Gasteiger partial charge < -0.3 is 10.3 Å². The van der Waals surface area contributed by atoms with Crippen molar-refractivity contribution in [3.63, 3.8) is 0 Å². The van der Waals surface area contributed by atoms with Gasteiger partial charge in [-0.25, -0.2) is 15.0 Å². The van der Waals surface area contributed by atoms with Gasteiger partial charge in [0.15, 0.2) is 0 Å². The van der Waals surface area contributed by atoms with Crippen LogP contribution in [0.2, 0.25) is 5.02 Å². The molecule has 7 heteroatoms. The number of rotatable bonds is 3. The molecule has 0 aliphatic heterocycles. The number of nitrogens with zero attached hydrogens (tertiary/aromatic N) is 5. The number of pyridine rings is 2. The molecule has 5 aromatic rings. The standard InChI is InChI=1S/C24H19ClN6/c25-18-10-14-7-8-20(19-6-1-2-9-27-19)30-21(14)11-16(18)17-12-31(15-4-3-5-15)24-22(17)23(26)28-13-29-24/h1-2,6-13,15H,3-5H2,(H2,26,28,29). The van der Waals surface area contributed by atoms with Crippen molar-refractivity contribution in [1.29, 1.82) is 0 Å². The highest BCUT2D eigenvalue weighted by Gasteiger charge is 2.25. The van der Waals surface area contributed by atoms with Crippen molar-refractivity contribution in [2.24, 2.45) is 0 Å². The number of nitrogens with two attached hydrogens (primary N) is 1. The van der Waals surface area contributed by atoms with Gasteiger partial charge in [0, 0.05) is 40.0 Å². The van der Waals surface area contributed by atoms with Gasteiger partial charge in [-0.3, -0.25) is 4.98 Å². The molecule has 0 amide bonds. The molecular weight excluding hydrogens is 408 g/mol. The first-order valence-electron chi connectivity index (χ1n) is 10.3. The molecule has 1 saturated carbocycles. The molecule has 0 unspecified atom stereocenters. The van der Waals surface area contributed by atoms with E-state index < -0.39 is 0 Å². The van der Waals surface area contributed by atoms with Crippen LogP contribution in [0.1, 0.15) is 25.3 Å². The summed E-state index contributed by atoms with van der Waals surface area (Å²) < 4.78 is 2.23. The van der Waals surface area contributed by atoms with Crippen LogP contribution in [-0.2, 0) is 0 Å². The Balaban J connectivity index is 1.57. The van der Waals surface area contributed by atoms with Crippen LogP contribution in [0.25, 0.3) is 44.5 Å². The number of aromatic nitrogens is 5. The van der Waals surface area contributed by atoms with Crippen LogP contribution in [0.4, 0.5) is 5.82 Å². The molecule has 152 valence electrons. The fourth-order valence-electron chi connectivity index (χ4n) is 4.26. The zero-order valence-corrected chi connectivity index (χ0v) is 17.4. The second-order valence-electron chi connectivity index (χ2n) is 7.93. The summed E-state index contributed by atoms with van der Waals surface area (Å²) in [6.07, 6.45) is 8.94. The van der Waals surface area contributed by atoms with Gasteiger partial charge >= 0.3 is 0 Å². The zero-order chi connectivity index (χ0) is 20.9. The van der Waals surface area contributed by atoms with Crippen LogP contribution in [0.15, 0.2) is 61.2 Å². The molecular formula is C24H19ClN6. The number of nitrogen functional groups attached to an aromatic ring is 1. The van der Waals surface area contributed by atoms with E-state index in [4.69, 9.17) is 22.3 Å². The highest BCUT2D eigenvalue weighted by atomic mass is 35.5. The lowest BCUT2D eigenvalue weighted by Crippen LogP contribution is -2.16. The first-order chi connectivity index (χ1) is 15.2. The highest BCUT2D eigenvalue weighted by molar-refractivity contribution is 6.34. The Bertz CT molecular complexity index is 1440. The van der Waals surface area contributed by atoms with E-state index in [0.29, 0.717) is 16.9 Å². The quantitative estimate of drug-likeness (QED) is 0.402. The zero-order valence-electron chi connectivity index (χ0n) is 16.7. The highest BCUT2D eigenvalue weighted by Crippen LogP contribution is 2.42. The number of hydrogen-bond acceptors (Lipinski definition) is 5. The van der Waals surface area contributed by atoms with Crippen LogP contribution in [-0.4, -0.2) is 24.5 Å². The molecule has 2 N–H and O–H groups in total. The van der Waals surface area contributed by atoms with E-state index in [-0.39, 0.29) is 0 Å². The molecule has 0 atom stereocenters. The van der Waals surface area contributed by atoms with Gasteiger partial charge in [-0.05, 0) is 49.6 Å². The lowest BCUT2D eigenvalue weighted by molar-refractivity contribution is 0.320. The molecule has 0 radical (unpaired) electrons. The number of anilines is 1. The van der Waals surface area contributed by atoms with Gasteiger partial charge in [0.2, 0.25) is 0 Å². The van der Waals surface area contributed by atoms with Gasteiger partial charge in [0.25, 0.3) is 0 Å². The Morgan fingerprint density at radius 1 is 0.968 bits per heavy atom. The Kier molecular flexibility index (Phi) is 4.14. The lowest BCUT2D eigenvalue weighted by Gasteiger charge is -2.27. The summed E-state index contributed by atoms with van der Waals surface area (Å²) in [4.78, 5) is 18.1. The van der Waals surface area contributed by atoms with E-state index in [1.165, 1.54) is 12.7 Å². The predicted molar refractivity (Wildman–Crippen MR) is 124 cm³/mol. The lowest BCUT2D eigenvalue weighted by atomic mass is 9.93. The summed E-state index contributed by atoms with van der Waals surface area (Å²) in [6, 6.07) is 14.2. The minimum Gasteiger partial charge on any atom is -0.383 e. The molecule has 1 aliphatic carbocycles. The van der Waals surface area contributed by atoms with Crippen molar-refractivity contribution < 1.29 is 0 Å². The number of fused-ring (bicyclic) bond motifs is 2. The molecule has 31 heavy (non-hydrogen) atoms. The van der Waals surface area contributed by atoms with Crippen LogP contribution in [0.3, 0.4) is 0 Å². The van der Waals surface area contributed by atoms with Crippen molar-refractivity contribution in [1.82, 2.24) is 24.5 Å². The Morgan fingerprint density at radius 3 is 2.65 bits per heavy atom. The fraction of sp³-hybridized carbons (Fsp3) is 0.167. The van der Waals surface area contributed by atoms with E-state index in [0.717, 1.165) is 57.3 Å². The Hall–Kier alpha value is -3.51. The van der Waals surface area contributed by atoms with E-state index >= 15 is 0 Å². The molecule has 4 heterocycles. The van der Waals surface area contributed by atoms with Crippen molar-refractivity contribution >= 4 is 39.4 Å². The van der Waals surface area contributed by atoms with Gasteiger partial charge in [-0.1, -0.05) is 23.7 Å². The third-order valence-corrected chi connectivity index (χ3v) is 6.41. The fourth-order valence-corrected chi connectivity index (χ4v) is 4.54. The van der Waals surface area contributed by atoms with Crippen LogP contribution in [0, 0.1) is 0 Å². The molecule has 1 aliphatic rings. The summed E-state index contributed by atoms with van der Waals surface area (Å²) in [5.74, 6) is 0.462. The summed E-state index contributed by atoms with van der Waals surface area (Å²) in [5.41, 5.74) is 11.5. The monoisotopic (exact) mass is 426 g/mol. The second kappa shape index (κ2) is 7.03. The van der Waals surface area contributed by atoms with Gasteiger partial charge in [0.05, 0.1) is 22.3 Å². The van der Waals surface area contributed by atoms with Crippen molar-refractivity contribution in [3.8, 4) is 22.5 Å². The number of halogens is 1. The summed E-state index contributed by atoms with van der Waals surface area (Å²) >= 11 is 6.75. The molecule has 6 rings (SSSR count). The normalized spacial score (nSPS) is 14.2. The topological polar surface area (TPSA) is 82.5 Å². The second-order valence-corrected chi connectivity index (χ2v) is 8.34. The van der Waals surface area contributed by atoms with Crippen LogP contribution in [0.5, 0.6) is 0 Å². The summed E-state index contributed by atoms with van der Waals surface area (Å²) in [6.45, 7) is 0. The molecule has 0 saturated heterocycles. The van der Waals surface area contributed by atoms with Crippen LogP contribution >= 0.6 is 11.6 Å². The van der Waals surface area contributed by atoms with E-state index in [1.807, 2.05) is 42.5 Å². The molecule has 4 aromatic heterocycles. The molecule has 0 spiro atoms. The number of hydrogen-bond donors (Lipinski definition) is 1. The van der Waals surface area contributed by atoms with E-state index in [9.17, 15) is 0 Å². The average Bonchev–Trinajstić information content (AvgIpc) is 3.12. The predicted octanol–water partition coefficient (Wildman–Crippen LogP) is 5.67. The van der Waals surface area contributed by atoms with Crippen molar-refractivity contribution in [2.75, 3.05) is 5.73 Å². The smallest absolute Gasteiger partial charge is 0.146 e. The Labute approximate surface area is 183 Å². The van der Waals surface area contributed by atoms with Crippen molar-refractivity contribution in [2.45, 2.75) is 25.3 Å². The summed E-state index contributed by atoms with van der Waals surface area (Å²) in [7, 11) is 0. The molecule has 0 bridgehead atoms. The first-order valence-corrected chi connectivity index (χ1v) is 10.7. The average molecular weight is 427 g/mol. The minimum absolute atomic E-state index is 0.443.